The van der Waals surface area contributed by atoms with Crippen molar-refractivity contribution in [3.05, 3.63) is 47.5 Å². The van der Waals surface area contributed by atoms with Crippen LogP contribution in [0.5, 0.6) is 0 Å². The van der Waals surface area contributed by atoms with E-state index in [0.717, 1.165) is 11.4 Å². The van der Waals surface area contributed by atoms with Crippen molar-refractivity contribution in [2.45, 2.75) is 13.5 Å². The maximum atomic E-state index is 13.5. The minimum atomic E-state index is -0.285. The van der Waals surface area contributed by atoms with Gasteiger partial charge in [-0.2, -0.15) is 5.10 Å². The van der Waals surface area contributed by atoms with Gasteiger partial charge in [0, 0.05) is 12.2 Å². The molecule has 2 rings (SSSR count). The monoisotopic (exact) mass is 205 g/mol. The van der Waals surface area contributed by atoms with Crippen molar-refractivity contribution < 1.29 is 4.39 Å². The summed E-state index contributed by atoms with van der Waals surface area (Å²) in [4.78, 5) is 0. The molecule has 4 heteroatoms. The van der Waals surface area contributed by atoms with Crippen molar-refractivity contribution in [3.8, 4) is 5.69 Å². The molecule has 0 unspecified atom stereocenters. The fourth-order valence-corrected chi connectivity index (χ4v) is 1.51. The van der Waals surface area contributed by atoms with E-state index in [1.165, 1.54) is 6.07 Å². The highest BCUT2D eigenvalue weighted by Gasteiger charge is 2.08. The third-order valence-electron chi connectivity index (χ3n) is 2.23. The molecule has 78 valence electrons. The summed E-state index contributed by atoms with van der Waals surface area (Å²) < 4.78 is 15.0. The molecular weight excluding hydrogens is 193 g/mol. The largest absolute Gasteiger partial charge is 0.325 e. The smallest absolute Gasteiger partial charge is 0.148 e. The number of benzene rings is 1. The van der Waals surface area contributed by atoms with E-state index in [1.54, 1.807) is 22.9 Å². The van der Waals surface area contributed by atoms with Crippen LogP contribution in [-0.2, 0) is 6.54 Å². The lowest BCUT2D eigenvalue weighted by molar-refractivity contribution is 0.607. The van der Waals surface area contributed by atoms with Crippen LogP contribution in [-0.4, -0.2) is 9.78 Å². The van der Waals surface area contributed by atoms with Gasteiger partial charge in [-0.15, -0.1) is 0 Å². The molecule has 0 aliphatic heterocycles. The van der Waals surface area contributed by atoms with E-state index in [2.05, 4.69) is 5.10 Å². The Hall–Kier alpha value is -1.68. The minimum Gasteiger partial charge on any atom is -0.325 e. The normalized spacial score (nSPS) is 10.6. The molecule has 1 heterocycles. The summed E-state index contributed by atoms with van der Waals surface area (Å²) in [5.74, 6) is -0.285. The Bertz CT molecular complexity index is 476. The van der Waals surface area contributed by atoms with Gasteiger partial charge in [-0.05, 0) is 25.1 Å². The van der Waals surface area contributed by atoms with Crippen LogP contribution in [0.4, 0.5) is 4.39 Å². The highest BCUT2D eigenvalue weighted by Crippen LogP contribution is 2.15. The number of nitrogens with two attached hydrogens (primary N) is 1. The third-order valence-corrected chi connectivity index (χ3v) is 2.23. The molecule has 1 aromatic carbocycles. The molecule has 0 amide bonds. The number of para-hydroxylation sites is 1. The van der Waals surface area contributed by atoms with Gasteiger partial charge in [0.05, 0.1) is 5.69 Å². The molecule has 0 radical (unpaired) electrons. The number of nitrogens with zero attached hydrogens (tertiary/aromatic N) is 2. The average molecular weight is 205 g/mol. The molecule has 15 heavy (non-hydrogen) atoms. The van der Waals surface area contributed by atoms with Crippen molar-refractivity contribution in [1.29, 1.82) is 0 Å². The van der Waals surface area contributed by atoms with E-state index < -0.39 is 0 Å². The second kappa shape index (κ2) is 3.82. The molecule has 0 bridgehead atoms. The van der Waals surface area contributed by atoms with Crippen molar-refractivity contribution >= 4 is 0 Å². The van der Waals surface area contributed by atoms with Gasteiger partial charge in [0.25, 0.3) is 0 Å². The predicted octanol–water partition coefficient (Wildman–Crippen LogP) is 1.78. The molecule has 2 aromatic rings. The van der Waals surface area contributed by atoms with E-state index in [0.29, 0.717) is 12.2 Å². The predicted molar refractivity (Wildman–Crippen MR) is 56.2 cm³/mol. The van der Waals surface area contributed by atoms with E-state index in [1.807, 2.05) is 13.0 Å². The fourth-order valence-electron chi connectivity index (χ4n) is 1.51. The molecule has 2 N–H and O–H groups in total. The molecule has 0 saturated heterocycles. The van der Waals surface area contributed by atoms with Crippen molar-refractivity contribution in [2.75, 3.05) is 0 Å². The molecule has 3 nitrogen and oxygen atoms in total. The van der Waals surface area contributed by atoms with Crippen molar-refractivity contribution in [2.24, 2.45) is 5.73 Å². The standard InChI is InChI=1S/C11H12FN3/c1-8-6-9(7-13)14-15(8)11-5-3-2-4-10(11)12/h2-6H,7,13H2,1H3. The first-order valence-corrected chi connectivity index (χ1v) is 4.73. The molecule has 0 fully saturated rings. The number of halogens is 1. The maximum Gasteiger partial charge on any atom is 0.148 e. The summed E-state index contributed by atoms with van der Waals surface area (Å²) in [7, 11) is 0. The second-order valence-electron chi connectivity index (χ2n) is 3.34. The van der Waals surface area contributed by atoms with E-state index in [4.69, 9.17) is 5.73 Å². The molecule has 1 aromatic heterocycles. The Morgan fingerprint density at radius 2 is 2.13 bits per heavy atom. The first-order chi connectivity index (χ1) is 7.22. The van der Waals surface area contributed by atoms with Crippen molar-refractivity contribution in [1.82, 2.24) is 9.78 Å². The maximum absolute atomic E-state index is 13.5. The van der Waals surface area contributed by atoms with Crippen LogP contribution < -0.4 is 5.73 Å². The summed E-state index contributed by atoms with van der Waals surface area (Å²) >= 11 is 0. The topological polar surface area (TPSA) is 43.8 Å². The average Bonchev–Trinajstić information content (AvgIpc) is 2.60. The van der Waals surface area contributed by atoms with Gasteiger partial charge >= 0.3 is 0 Å². The second-order valence-corrected chi connectivity index (χ2v) is 3.34. The van der Waals surface area contributed by atoms with E-state index >= 15 is 0 Å². The Morgan fingerprint density at radius 1 is 1.40 bits per heavy atom. The summed E-state index contributed by atoms with van der Waals surface area (Å²) in [5.41, 5.74) is 7.57. The number of hydrogen-bond acceptors (Lipinski definition) is 2. The highest BCUT2D eigenvalue weighted by atomic mass is 19.1. The van der Waals surface area contributed by atoms with Crippen LogP contribution in [0.15, 0.2) is 30.3 Å². The van der Waals surface area contributed by atoms with Crippen LogP contribution in [0.2, 0.25) is 0 Å². The van der Waals surface area contributed by atoms with Crippen LogP contribution in [0.25, 0.3) is 5.69 Å². The van der Waals surface area contributed by atoms with Crippen molar-refractivity contribution in [3.63, 3.8) is 0 Å². The number of aromatic nitrogens is 2. The molecule has 0 saturated carbocycles. The van der Waals surface area contributed by atoms with Gasteiger partial charge in [-0.25, -0.2) is 9.07 Å². The molecule has 0 atom stereocenters. The zero-order chi connectivity index (χ0) is 10.8. The van der Waals surface area contributed by atoms with Gasteiger partial charge in [0.1, 0.15) is 11.5 Å². The molecular formula is C11H12FN3. The zero-order valence-corrected chi connectivity index (χ0v) is 8.44. The van der Waals surface area contributed by atoms with Crippen LogP contribution in [0, 0.1) is 12.7 Å². The van der Waals surface area contributed by atoms with Crippen LogP contribution in [0.1, 0.15) is 11.4 Å². The minimum absolute atomic E-state index is 0.285. The zero-order valence-electron chi connectivity index (χ0n) is 8.44. The highest BCUT2D eigenvalue weighted by molar-refractivity contribution is 5.34. The molecule has 0 spiro atoms. The lowest BCUT2D eigenvalue weighted by Gasteiger charge is -2.04. The first-order valence-electron chi connectivity index (χ1n) is 4.73. The third kappa shape index (κ3) is 1.76. The Kier molecular flexibility index (Phi) is 2.51. The van der Waals surface area contributed by atoms with Crippen LogP contribution >= 0.6 is 0 Å². The number of aryl methyl sites for hydroxylation is 1. The lowest BCUT2D eigenvalue weighted by Crippen LogP contribution is -2.03. The Morgan fingerprint density at radius 3 is 2.73 bits per heavy atom. The number of hydrogen-bond donors (Lipinski definition) is 1. The first kappa shape index (κ1) is 9.86. The van der Waals surface area contributed by atoms with E-state index in [9.17, 15) is 4.39 Å². The number of rotatable bonds is 2. The quantitative estimate of drug-likeness (QED) is 0.812. The SMILES string of the molecule is Cc1cc(CN)nn1-c1ccccc1F. The Balaban J connectivity index is 2.54. The van der Waals surface area contributed by atoms with Gasteiger partial charge in [-0.3, -0.25) is 0 Å². The van der Waals surface area contributed by atoms with Gasteiger partial charge in [-0.1, -0.05) is 12.1 Å². The summed E-state index contributed by atoms with van der Waals surface area (Å²) in [6.07, 6.45) is 0. The van der Waals surface area contributed by atoms with Gasteiger partial charge in [0.2, 0.25) is 0 Å². The molecule has 0 aliphatic rings. The lowest BCUT2D eigenvalue weighted by atomic mass is 10.3. The fraction of sp³-hybridized carbons (Fsp3) is 0.182. The van der Waals surface area contributed by atoms with E-state index in [-0.39, 0.29) is 5.82 Å². The van der Waals surface area contributed by atoms with Crippen LogP contribution in [0.3, 0.4) is 0 Å². The Labute approximate surface area is 87.3 Å². The summed E-state index contributed by atoms with van der Waals surface area (Å²) in [6, 6.07) is 8.39. The van der Waals surface area contributed by atoms with Gasteiger partial charge in [0.15, 0.2) is 0 Å². The summed E-state index contributed by atoms with van der Waals surface area (Å²) in [6.45, 7) is 2.24. The van der Waals surface area contributed by atoms with Gasteiger partial charge < -0.3 is 5.73 Å². The summed E-state index contributed by atoms with van der Waals surface area (Å²) in [5, 5.41) is 4.21. The molecule has 0 aliphatic carbocycles.